The number of amides is 1. The van der Waals surface area contributed by atoms with E-state index < -0.39 is 0 Å². The molecule has 0 unspecified atom stereocenters. The summed E-state index contributed by atoms with van der Waals surface area (Å²) in [6.45, 7) is 4.89. The molecular weight excluding hydrogens is 518 g/mol. The number of rotatable bonds is 8. The number of para-hydroxylation sites is 1. The number of benzene rings is 3. The van der Waals surface area contributed by atoms with Gasteiger partial charge in [-0.1, -0.05) is 62.2 Å². The summed E-state index contributed by atoms with van der Waals surface area (Å²) in [4.78, 5) is 21.3. The van der Waals surface area contributed by atoms with Gasteiger partial charge >= 0.3 is 0 Å². The van der Waals surface area contributed by atoms with Gasteiger partial charge in [0, 0.05) is 11.6 Å². The average molecular weight is 552 g/mol. The van der Waals surface area contributed by atoms with Crippen LogP contribution in [0.4, 0.5) is 5.69 Å². The lowest BCUT2D eigenvalue weighted by molar-refractivity contribution is -0.124. The Hall–Kier alpha value is -4.02. The summed E-state index contributed by atoms with van der Waals surface area (Å²) < 4.78 is 12.0. The molecule has 1 saturated heterocycles. The summed E-state index contributed by atoms with van der Waals surface area (Å²) in [5.74, 6) is 1.61. The van der Waals surface area contributed by atoms with E-state index in [9.17, 15) is 10.1 Å². The average Bonchev–Trinajstić information content (AvgIpc) is 3.27. The van der Waals surface area contributed by atoms with Crippen molar-refractivity contribution in [3.05, 3.63) is 94.4 Å². The molecule has 40 heavy (non-hydrogen) atoms. The summed E-state index contributed by atoms with van der Waals surface area (Å²) in [6, 6.07) is 25.2. The molecule has 0 bridgehead atoms. The predicted molar refractivity (Wildman–Crippen MR) is 160 cm³/mol. The molecule has 1 heterocycles. The highest BCUT2D eigenvalue weighted by Gasteiger charge is 2.41. The van der Waals surface area contributed by atoms with Crippen molar-refractivity contribution in [3.8, 4) is 17.6 Å². The largest absolute Gasteiger partial charge is 0.490 e. The topological polar surface area (TPSA) is 74.9 Å². The molecule has 3 aromatic rings. The van der Waals surface area contributed by atoms with Crippen LogP contribution in [0, 0.1) is 17.2 Å². The number of hydrogen-bond donors (Lipinski definition) is 0. The third-order valence-electron chi connectivity index (χ3n) is 7.30. The molecule has 0 N–H and O–H groups in total. The zero-order chi connectivity index (χ0) is 27.9. The van der Waals surface area contributed by atoms with Crippen LogP contribution in [0.1, 0.15) is 56.2 Å². The number of nitriles is 1. The van der Waals surface area contributed by atoms with Gasteiger partial charge in [0.1, 0.15) is 6.61 Å². The molecule has 3 aromatic carbocycles. The summed E-state index contributed by atoms with van der Waals surface area (Å²) in [6.07, 6.45) is 6.35. The van der Waals surface area contributed by atoms with Crippen LogP contribution in [0.15, 0.2) is 82.7 Å². The second kappa shape index (κ2) is 12.9. The van der Waals surface area contributed by atoms with Crippen LogP contribution >= 0.6 is 11.8 Å². The van der Waals surface area contributed by atoms with Gasteiger partial charge < -0.3 is 9.47 Å². The van der Waals surface area contributed by atoms with Crippen molar-refractivity contribution in [1.29, 1.82) is 5.26 Å². The van der Waals surface area contributed by atoms with Crippen LogP contribution in [0.25, 0.3) is 6.08 Å². The number of aliphatic imine (C=N–C) groups is 1. The van der Waals surface area contributed by atoms with Crippen molar-refractivity contribution >= 4 is 34.6 Å². The van der Waals surface area contributed by atoms with Gasteiger partial charge in [0.25, 0.3) is 5.91 Å². The molecule has 204 valence electrons. The maximum absolute atomic E-state index is 13.8. The van der Waals surface area contributed by atoms with E-state index in [1.165, 1.54) is 18.2 Å². The van der Waals surface area contributed by atoms with Gasteiger partial charge in [0.2, 0.25) is 0 Å². The molecule has 2 atom stereocenters. The van der Waals surface area contributed by atoms with Crippen molar-refractivity contribution in [2.24, 2.45) is 10.9 Å². The Kier molecular flexibility index (Phi) is 8.87. The predicted octanol–water partition coefficient (Wildman–Crippen LogP) is 7.72. The monoisotopic (exact) mass is 551 g/mol. The highest BCUT2D eigenvalue weighted by Crippen LogP contribution is 2.40. The SMILES string of the molecule is CCOc1cc(/C=C2\SC(=Nc3ccccc3)N([C@H]3CCCC[C@@H]3C)C2=O)ccc1OCc1ccccc1C#N. The number of ether oxygens (including phenoxy) is 2. The molecule has 7 heteroatoms. The molecule has 0 spiro atoms. The quantitative estimate of drug-likeness (QED) is 0.268. The minimum atomic E-state index is 0.00447. The third-order valence-corrected chi connectivity index (χ3v) is 8.29. The van der Waals surface area contributed by atoms with E-state index in [0.717, 1.165) is 41.2 Å². The van der Waals surface area contributed by atoms with Gasteiger partial charge in [0.15, 0.2) is 16.7 Å². The first-order valence-electron chi connectivity index (χ1n) is 13.8. The second-order valence-corrected chi connectivity index (χ2v) is 11.1. The lowest BCUT2D eigenvalue weighted by atomic mass is 9.85. The maximum Gasteiger partial charge on any atom is 0.267 e. The Labute approximate surface area is 240 Å². The van der Waals surface area contributed by atoms with E-state index >= 15 is 0 Å². The van der Waals surface area contributed by atoms with Gasteiger partial charge in [-0.15, -0.1) is 0 Å². The van der Waals surface area contributed by atoms with Gasteiger partial charge in [0.05, 0.1) is 28.8 Å². The molecule has 0 radical (unpaired) electrons. The zero-order valence-corrected chi connectivity index (χ0v) is 23.7. The molecule has 1 aliphatic heterocycles. The van der Waals surface area contributed by atoms with E-state index in [-0.39, 0.29) is 18.6 Å². The maximum atomic E-state index is 13.8. The van der Waals surface area contributed by atoms with E-state index in [1.54, 1.807) is 6.07 Å². The van der Waals surface area contributed by atoms with Crippen molar-refractivity contribution in [2.45, 2.75) is 52.2 Å². The van der Waals surface area contributed by atoms with Crippen LogP contribution in [0.5, 0.6) is 11.5 Å². The highest BCUT2D eigenvalue weighted by atomic mass is 32.2. The number of carbonyl (C=O) groups excluding carboxylic acids is 1. The first-order chi connectivity index (χ1) is 19.6. The van der Waals surface area contributed by atoms with Crippen molar-refractivity contribution in [2.75, 3.05) is 6.61 Å². The van der Waals surface area contributed by atoms with E-state index in [1.807, 2.05) is 84.6 Å². The summed E-state index contributed by atoms with van der Waals surface area (Å²) in [5, 5.41) is 10.1. The van der Waals surface area contributed by atoms with Crippen LogP contribution in [-0.2, 0) is 11.4 Å². The molecule has 1 amide bonds. The van der Waals surface area contributed by atoms with E-state index in [2.05, 4.69) is 13.0 Å². The molecule has 0 aromatic heterocycles. The van der Waals surface area contributed by atoms with Crippen LogP contribution in [0.2, 0.25) is 0 Å². The third kappa shape index (κ3) is 6.24. The van der Waals surface area contributed by atoms with Gasteiger partial charge in [-0.25, -0.2) is 4.99 Å². The normalized spacial score (nSPS) is 21.0. The first kappa shape index (κ1) is 27.5. The number of amidine groups is 1. The fourth-order valence-electron chi connectivity index (χ4n) is 5.21. The van der Waals surface area contributed by atoms with Crippen LogP contribution in [0.3, 0.4) is 0 Å². The summed E-state index contributed by atoms with van der Waals surface area (Å²) in [5.41, 5.74) is 3.09. The molecule has 2 aliphatic rings. The van der Waals surface area contributed by atoms with Gasteiger partial charge in [-0.05, 0) is 79.4 Å². The number of thioether (sulfide) groups is 1. The smallest absolute Gasteiger partial charge is 0.267 e. The van der Waals surface area contributed by atoms with Crippen LogP contribution in [-0.4, -0.2) is 28.6 Å². The molecule has 5 rings (SSSR count). The minimum absolute atomic E-state index is 0.00447. The fourth-order valence-corrected chi connectivity index (χ4v) is 6.26. The Morgan fingerprint density at radius 1 is 1.02 bits per heavy atom. The molecule has 6 nitrogen and oxygen atoms in total. The van der Waals surface area contributed by atoms with Crippen molar-refractivity contribution < 1.29 is 14.3 Å². The van der Waals surface area contributed by atoms with E-state index in [4.69, 9.17) is 14.5 Å². The summed E-state index contributed by atoms with van der Waals surface area (Å²) >= 11 is 1.43. The summed E-state index contributed by atoms with van der Waals surface area (Å²) in [7, 11) is 0. The molecule has 1 saturated carbocycles. The fraction of sp³-hybridized carbons (Fsp3) is 0.303. The van der Waals surface area contributed by atoms with E-state index in [0.29, 0.717) is 34.5 Å². The number of carbonyl (C=O) groups is 1. The van der Waals surface area contributed by atoms with Crippen molar-refractivity contribution in [1.82, 2.24) is 4.90 Å². The second-order valence-electron chi connectivity index (χ2n) is 10.0. The van der Waals surface area contributed by atoms with Crippen molar-refractivity contribution in [3.63, 3.8) is 0 Å². The molecule has 2 fully saturated rings. The first-order valence-corrected chi connectivity index (χ1v) is 14.6. The highest BCUT2D eigenvalue weighted by molar-refractivity contribution is 8.18. The Morgan fingerprint density at radius 3 is 2.58 bits per heavy atom. The van der Waals surface area contributed by atoms with Crippen LogP contribution < -0.4 is 9.47 Å². The number of hydrogen-bond acceptors (Lipinski definition) is 6. The lowest BCUT2D eigenvalue weighted by Crippen LogP contribution is -2.44. The van der Waals surface area contributed by atoms with Gasteiger partial charge in [-0.3, -0.25) is 9.69 Å². The Morgan fingerprint density at radius 2 is 1.80 bits per heavy atom. The minimum Gasteiger partial charge on any atom is -0.490 e. The molecule has 1 aliphatic carbocycles. The molecular formula is C33H33N3O3S. The Balaban J connectivity index is 1.43. The number of nitrogens with zero attached hydrogens (tertiary/aromatic N) is 3. The van der Waals surface area contributed by atoms with Gasteiger partial charge in [-0.2, -0.15) is 5.26 Å². The standard InChI is InChI=1S/C33H33N3O3S/c1-3-38-30-19-24(17-18-29(30)39-22-26-13-9-8-12-25(26)21-34)20-31-32(37)36(28-16-10-7-11-23(28)2)33(40-31)35-27-14-5-4-6-15-27/h4-6,8-9,12-15,17-20,23,28H,3,7,10-11,16,22H2,1-2H3/b31-20-,35-33?/t23-,28-/m0/s1. The Bertz CT molecular complexity index is 1460. The lowest BCUT2D eigenvalue weighted by Gasteiger charge is -2.35. The zero-order valence-electron chi connectivity index (χ0n) is 22.9.